The highest BCUT2D eigenvalue weighted by Crippen LogP contribution is 2.27. The van der Waals surface area contributed by atoms with Crippen LogP contribution in [0, 0.1) is 5.82 Å². The number of alkyl halides is 2. The summed E-state index contributed by atoms with van der Waals surface area (Å²) in [6.45, 7) is 0. The van der Waals surface area contributed by atoms with Gasteiger partial charge in [0.15, 0.2) is 0 Å². The van der Waals surface area contributed by atoms with E-state index in [0.717, 1.165) is 6.07 Å². The van der Waals surface area contributed by atoms with Gasteiger partial charge < -0.3 is 10.5 Å². The van der Waals surface area contributed by atoms with Crippen LogP contribution in [-0.4, -0.2) is 13.5 Å². The molecule has 0 heterocycles. The maximum atomic E-state index is 12.9. The number of halogens is 3. The topological polar surface area (TPSA) is 35.2 Å². The standard InChI is InChI=1S/C10H12F3NO/c1-15-9-3-2-6(11)4-7(9)8(14)5-10(12)13/h2-4,8,10H,5,14H2,1H3/t8-/m1/s1. The lowest BCUT2D eigenvalue weighted by molar-refractivity contribution is 0.128. The van der Waals surface area contributed by atoms with Crippen LogP contribution in [0.5, 0.6) is 5.75 Å². The van der Waals surface area contributed by atoms with E-state index in [4.69, 9.17) is 10.5 Å². The molecule has 5 heteroatoms. The molecule has 0 radical (unpaired) electrons. The molecule has 84 valence electrons. The molecule has 0 aliphatic rings. The second kappa shape index (κ2) is 5.02. The molecular weight excluding hydrogens is 207 g/mol. The Kier molecular flexibility index (Phi) is 3.96. The van der Waals surface area contributed by atoms with Crippen molar-refractivity contribution in [2.75, 3.05) is 7.11 Å². The third kappa shape index (κ3) is 3.13. The zero-order chi connectivity index (χ0) is 11.4. The molecule has 0 saturated carbocycles. The van der Waals surface area contributed by atoms with Crippen LogP contribution in [0.3, 0.4) is 0 Å². The molecule has 2 nitrogen and oxygen atoms in total. The summed E-state index contributed by atoms with van der Waals surface area (Å²) in [5.74, 6) is -0.194. The molecule has 0 aliphatic carbocycles. The molecule has 1 aromatic rings. The van der Waals surface area contributed by atoms with E-state index in [1.807, 2.05) is 0 Å². The maximum Gasteiger partial charge on any atom is 0.240 e. The second-order valence-corrected chi connectivity index (χ2v) is 3.12. The van der Waals surface area contributed by atoms with Crippen LogP contribution in [0.1, 0.15) is 18.0 Å². The Morgan fingerprint density at radius 2 is 2.07 bits per heavy atom. The van der Waals surface area contributed by atoms with Crippen molar-refractivity contribution in [2.24, 2.45) is 5.73 Å². The van der Waals surface area contributed by atoms with Gasteiger partial charge in [0.05, 0.1) is 7.11 Å². The summed E-state index contributed by atoms with van der Waals surface area (Å²) in [6, 6.07) is 2.76. The highest BCUT2D eigenvalue weighted by molar-refractivity contribution is 5.36. The third-order valence-corrected chi connectivity index (χ3v) is 2.02. The average molecular weight is 219 g/mol. The van der Waals surface area contributed by atoms with E-state index in [9.17, 15) is 13.2 Å². The van der Waals surface area contributed by atoms with Crippen LogP contribution in [0.15, 0.2) is 18.2 Å². The van der Waals surface area contributed by atoms with Gasteiger partial charge in [-0.15, -0.1) is 0 Å². The fourth-order valence-electron chi connectivity index (χ4n) is 1.31. The lowest BCUT2D eigenvalue weighted by atomic mass is 10.0. The minimum absolute atomic E-state index is 0.262. The first-order chi connectivity index (χ1) is 7.04. The SMILES string of the molecule is COc1ccc(F)cc1[C@H](N)CC(F)F. The summed E-state index contributed by atoms with van der Waals surface area (Å²) < 4.78 is 42.0. The van der Waals surface area contributed by atoms with Crippen LogP contribution >= 0.6 is 0 Å². The van der Waals surface area contributed by atoms with E-state index in [-0.39, 0.29) is 5.56 Å². The van der Waals surface area contributed by atoms with Gasteiger partial charge in [-0.2, -0.15) is 0 Å². The Bertz CT molecular complexity index is 330. The van der Waals surface area contributed by atoms with Gasteiger partial charge in [0.2, 0.25) is 6.43 Å². The highest BCUT2D eigenvalue weighted by atomic mass is 19.3. The van der Waals surface area contributed by atoms with E-state index in [1.165, 1.54) is 19.2 Å². The monoisotopic (exact) mass is 219 g/mol. The molecule has 15 heavy (non-hydrogen) atoms. The van der Waals surface area contributed by atoms with Gasteiger partial charge in [0, 0.05) is 18.0 Å². The summed E-state index contributed by atoms with van der Waals surface area (Å²) >= 11 is 0. The summed E-state index contributed by atoms with van der Waals surface area (Å²) in [7, 11) is 1.38. The smallest absolute Gasteiger partial charge is 0.240 e. The highest BCUT2D eigenvalue weighted by Gasteiger charge is 2.17. The molecule has 0 spiro atoms. The number of benzene rings is 1. The lowest BCUT2D eigenvalue weighted by Crippen LogP contribution is -2.15. The van der Waals surface area contributed by atoms with Crippen molar-refractivity contribution in [3.8, 4) is 5.75 Å². The van der Waals surface area contributed by atoms with Crippen LogP contribution in [0.4, 0.5) is 13.2 Å². The zero-order valence-corrected chi connectivity index (χ0v) is 8.21. The molecule has 1 atom stereocenters. The number of hydrogen-bond donors (Lipinski definition) is 1. The van der Waals surface area contributed by atoms with Crippen molar-refractivity contribution < 1.29 is 17.9 Å². The minimum Gasteiger partial charge on any atom is -0.496 e. The number of nitrogens with two attached hydrogens (primary N) is 1. The average Bonchev–Trinajstić information content (AvgIpc) is 2.16. The van der Waals surface area contributed by atoms with Gasteiger partial charge in [-0.3, -0.25) is 0 Å². The van der Waals surface area contributed by atoms with E-state index in [2.05, 4.69) is 0 Å². The maximum absolute atomic E-state index is 12.9. The molecular formula is C10H12F3NO. The normalized spacial score (nSPS) is 12.9. The predicted molar refractivity (Wildman–Crippen MR) is 50.5 cm³/mol. The van der Waals surface area contributed by atoms with Gasteiger partial charge in [-0.05, 0) is 18.2 Å². The van der Waals surface area contributed by atoms with Crippen molar-refractivity contribution in [3.63, 3.8) is 0 Å². The molecule has 1 rings (SSSR count). The quantitative estimate of drug-likeness (QED) is 0.844. The predicted octanol–water partition coefficient (Wildman–Crippen LogP) is 2.49. The number of rotatable bonds is 4. The Balaban J connectivity index is 2.94. The first-order valence-electron chi connectivity index (χ1n) is 4.41. The zero-order valence-electron chi connectivity index (χ0n) is 8.21. The largest absolute Gasteiger partial charge is 0.496 e. The first-order valence-corrected chi connectivity index (χ1v) is 4.41. The van der Waals surface area contributed by atoms with Gasteiger partial charge in [0.25, 0.3) is 0 Å². The first kappa shape index (κ1) is 11.8. The molecule has 0 fully saturated rings. The van der Waals surface area contributed by atoms with Crippen molar-refractivity contribution in [3.05, 3.63) is 29.6 Å². The number of methoxy groups -OCH3 is 1. The van der Waals surface area contributed by atoms with E-state index >= 15 is 0 Å². The van der Waals surface area contributed by atoms with Gasteiger partial charge >= 0.3 is 0 Å². The van der Waals surface area contributed by atoms with Crippen molar-refractivity contribution in [1.82, 2.24) is 0 Å². The molecule has 0 bridgehead atoms. The van der Waals surface area contributed by atoms with Gasteiger partial charge in [-0.25, -0.2) is 13.2 Å². The summed E-state index contributed by atoms with van der Waals surface area (Å²) in [6.07, 6.45) is -3.03. The fourth-order valence-corrected chi connectivity index (χ4v) is 1.31. The molecule has 0 unspecified atom stereocenters. The number of hydrogen-bond acceptors (Lipinski definition) is 2. The van der Waals surface area contributed by atoms with Crippen LogP contribution in [-0.2, 0) is 0 Å². The molecule has 1 aromatic carbocycles. The molecule has 0 aromatic heterocycles. The van der Waals surface area contributed by atoms with E-state index in [1.54, 1.807) is 0 Å². The minimum atomic E-state index is -2.52. The van der Waals surface area contributed by atoms with Gasteiger partial charge in [0.1, 0.15) is 11.6 Å². The Morgan fingerprint density at radius 1 is 1.40 bits per heavy atom. The molecule has 0 amide bonds. The van der Waals surface area contributed by atoms with E-state index < -0.39 is 24.7 Å². The molecule has 0 saturated heterocycles. The Morgan fingerprint density at radius 3 is 2.60 bits per heavy atom. The van der Waals surface area contributed by atoms with Crippen LogP contribution < -0.4 is 10.5 Å². The van der Waals surface area contributed by atoms with Crippen molar-refractivity contribution >= 4 is 0 Å². The number of ether oxygens (including phenoxy) is 1. The molecule has 2 N–H and O–H groups in total. The van der Waals surface area contributed by atoms with E-state index in [0.29, 0.717) is 5.75 Å². The fraction of sp³-hybridized carbons (Fsp3) is 0.400. The molecule has 0 aliphatic heterocycles. The van der Waals surface area contributed by atoms with Crippen LogP contribution in [0.25, 0.3) is 0 Å². The van der Waals surface area contributed by atoms with Gasteiger partial charge in [-0.1, -0.05) is 0 Å². The van der Waals surface area contributed by atoms with Crippen LogP contribution in [0.2, 0.25) is 0 Å². The van der Waals surface area contributed by atoms with Crippen molar-refractivity contribution in [2.45, 2.75) is 18.9 Å². The lowest BCUT2D eigenvalue weighted by Gasteiger charge is -2.15. The summed E-state index contributed by atoms with van der Waals surface area (Å²) in [4.78, 5) is 0. The summed E-state index contributed by atoms with van der Waals surface area (Å²) in [5.41, 5.74) is 5.78. The third-order valence-electron chi connectivity index (χ3n) is 2.02. The Labute approximate surface area is 85.8 Å². The Hall–Kier alpha value is -1.23. The summed E-state index contributed by atoms with van der Waals surface area (Å²) in [5, 5.41) is 0. The second-order valence-electron chi connectivity index (χ2n) is 3.12. The van der Waals surface area contributed by atoms with Crippen molar-refractivity contribution in [1.29, 1.82) is 0 Å².